The van der Waals surface area contributed by atoms with Crippen molar-refractivity contribution < 1.29 is 0 Å². The highest BCUT2D eigenvalue weighted by molar-refractivity contribution is 5.13. The molecule has 16 heavy (non-hydrogen) atoms. The summed E-state index contributed by atoms with van der Waals surface area (Å²) in [6, 6.07) is 0. The molecule has 2 rings (SSSR count). The molecule has 0 aromatic carbocycles. The van der Waals surface area contributed by atoms with Gasteiger partial charge in [-0.2, -0.15) is 0 Å². The van der Waals surface area contributed by atoms with Gasteiger partial charge in [-0.25, -0.2) is 0 Å². The van der Waals surface area contributed by atoms with E-state index in [-0.39, 0.29) is 0 Å². The average Bonchev–Trinajstić information content (AvgIpc) is 2.41. The summed E-state index contributed by atoms with van der Waals surface area (Å²) in [5, 5.41) is 0. The first-order valence-corrected chi connectivity index (χ1v) is 7.05. The van der Waals surface area contributed by atoms with E-state index in [0.29, 0.717) is 10.8 Å². The number of rotatable bonds is 1. The van der Waals surface area contributed by atoms with Crippen molar-refractivity contribution in [1.82, 2.24) is 0 Å². The van der Waals surface area contributed by atoms with E-state index in [2.05, 4.69) is 40.7 Å². The van der Waals surface area contributed by atoms with Crippen LogP contribution in [0.25, 0.3) is 0 Å². The Bertz CT molecular complexity index is 299. The van der Waals surface area contributed by atoms with Crippen LogP contribution in [-0.4, -0.2) is 0 Å². The van der Waals surface area contributed by atoms with E-state index in [4.69, 9.17) is 0 Å². The molecule has 3 atom stereocenters. The SMILES string of the molecule is CC1=CCC2(C)CCC(C(C)C)C2(C)CC1. The molecule has 1 saturated carbocycles. The first-order valence-electron chi connectivity index (χ1n) is 7.05. The molecule has 2 aliphatic carbocycles. The molecule has 0 amide bonds. The standard InChI is InChI=1S/C16H28/c1-12(2)14-8-10-15(4)9-6-13(3)7-11-16(14,15)5/h6,12,14H,7-11H2,1-5H3. The summed E-state index contributed by atoms with van der Waals surface area (Å²) in [6.07, 6.45) is 9.48. The van der Waals surface area contributed by atoms with Gasteiger partial charge in [0, 0.05) is 0 Å². The lowest BCUT2D eigenvalue weighted by atomic mass is 9.59. The largest absolute Gasteiger partial charge is 0.0850 e. The molecule has 0 aliphatic heterocycles. The molecule has 0 bridgehead atoms. The van der Waals surface area contributed by atoms with E-state index in [1.807, 2.05) is 0 Å². The van der Waals surface area contributed by atoms with Crippen LogP contribution >= 0.6 is 0 Å². The van der Waals surface area contributed by atoms with Gasteiger partial charge in [-0.15, -0.1) is 0 Å². The molecule has 0 heterocycles. The van der Waals surface area contributed by atoms with Gasteiger partial charge < -0.3 is 0 Å². The average molecular weight is 220 g/mol. The van der Waals surface area contributed by atoms with Crippen molar-refractivity contribution in [3.8, 4) is 0 Å². The van der Waals surface area contributed by atoms with Crippen LogP contribution in [0, 0.1) is 22.7 Å². The Labute approximate surface area is 102 Å². The Morgan fingerprint density at radius 1 is 1.25 bits per heavy atom. The summed E-state index contributed by atoms with van der Waals surface area (Å²) in [5.74, 6) is 1.79. The summed E-state index contributed by atoms with van der Waals surface area (Å²) < 4.78 is 0. The molecule has 0 aromatic heterocycles. The number of allylic oxidation sites excluding steroid dienone is 2. The van der Waals surface area contributed by atoms with Crippen molar-refractivity contribution >= 4 is 0 Å². The Morgan fingerprint density at radius 2 is 1.94 bits per heavy atom. The molecule has 2 aliphatic rings. The zero-order valence-electron chi connectivity index (χ0n) is 11.8. The molecule has 1 fully saturated rings. The van der Waals surface area contributed by atoms with E-state index in [1.165, 1.54) is 32.1 Å². The van der Waals surface area contributed by atoms with Gasteiger partial charge in [0.15, 0.2) is 0 Å². The van der Waals surface area contributed by atoms with Crippen molar-refractivity contribution in [2.75, 3.05) is 0 Å². The second kappa shape index (κ2) is 3.89. The Morgan fingerprint density at radius 3 is 2.56 bits per heavy atom. The van der Waals surface area contributed by atoms with Gasteiger partial charge in [0.1, 0.15) is 0 Å². The minimum absolute atomic E-state index is 0.569. The molecule has 0 radical (unpaired) electrons. The number of hydrogen-bond acceptors (Lipinski definition) is 0. The maximum absolute atomic E-state index is 2.58. The van der Waals surface area contributed by atoms with Crippen LogP contribution in [0.5, 0.6) is 0 Å². The molecule has 0 aromatic rings. The van der Waals surface area contributed by atoms with Gasteiger partial charge >= 0.3 is 0 Å². The quantitative estimate of drug-likeness (QED) is 0.533. The summed E-state index contributed by atoms with van der Waals surface area (Å²) in [7, 11) is 0. The first-order chi connectivity index (χ1) is 7.39. The molecule has 0 spiro atoms. The van der Waals surface area contributed by atoms with Crippen LogP contribution in [0.1, 0.15) is 66.7 Å². The third kappa shape index (κ3) is 1.65. The zero-order valence-corrected chi connectivity index (χ0v) is 11.8. The molecule has 0 nitrogen and oxygen atoms in total. The van der Waals surface area contributed by atoms with Gasteiger partial charge in [-0.3, -0.25) is 0 Å². The normalized spacial score (nSPS) is 44.1. The maximum Gasteiger partial charge on any atom is -0.0234 e. The van der Waals surface area contributed by atoms with E-state index in [1.54, 1.807) is 5.57 Å². The highest BCUT2D eigenvalue weighted by Gasteiger charge is 2.54. The first kappa shape index (κ1) is 12.2. The van der Waals surface area contributed by atoms with Crippen molar-refractivity contribution in [2.24, 2.45) is 22.7 Å². The van der Waals surface area contributed by atoms with Crippen molar-refractivity contribution in [3.63, 3.8) is 0 Å². The lowest BCUT2D eigenvalue weighted by Crippen LogP contribution is -2.38. The van der Waals surface area contributed by atoms with Crippen LogP contribution in [0.3, 0.4) is 0 Å². The zero-order chi connectivity index (χ0) is 12.0. The van der Waals surface area contributed by atoms with Gasteiger partial charge in [0.05, 0.1) is 0 Å². The number of hydrogen-bond donors (Lipinski definition) is 0. The highest BCUT2D eigenvalue weighted by Crippen LogP contribution is 2.63. The van der Waals surface area contributed by atoms with Crippen molar-refractivity contribution in [1.29, 1.82) is 0 Å². The fraction of sp³-hybridized carbons (Fsp3) is 0.875. The smallest absolute Gasteiger partial charge is 0.0234 e. The van der Waals surface area contributed by atoms with E-state index in [0.717, 1.165) is 11.8 Å². The third-order valence-electron chi connectivity index (χ3n) is 5.95. The predicted molar refractivity (Wildman–Crippen MR) is 71.4 cm³/mol. The Balaban J connectivity index is 2.32. The maximum atomic E-state index is 2.58. The summed E-state index contributed by atoms with van der Waals surface area (Å²) in [5.41, 5.74) is 2.77. The van der Waals surface area contributed by atoms with Crippen molar-refractivity contribution in [2.45, 2.75) is 66.7 Å². The molecule has 3 unspecified atom stereocenters. The minimum atomic E-state index is 0.569. The van der Waals surface area contributed by atoms with Crippen LogP contribution in [-0.2, 0) is 0 Å². The highest BCUT2D eigenvalue weighted by atomic mass is 14.6. The van der Waals surface area contributed by atoms with Gasteiger partial charge in [0.2, 0.25) is 0 Å². The topological polar surface area (TPSA) is 0 Å². The van der Waals surface area contributed by atoms with E-state index >= 15 is 0 Å². The Hall–Kier alpha value is -0.260. The number of fused-ring (bicyclic) bond motifs is 1. The molecular weight excluding hydrogens is 192 g/mol. The summed E-state index contributed by atoms with van der Waals surface area (Å²) >= 11 is 0. The fourth-order valence-electron chi connectivity index (χ4n) is 4.38. The molecular formula is C16H28. The predicted octanol–water partition coefficient (Wildman–Crippen LogP) is 5.20. The van der Waals surface area contributed by atoms with Crippen LogP contribution in [0.15, 0.2) is 11.6 Å². The monoisotopic (exact) mass is 220 g/mol. The third-order valence-corrected chi connectivity index (χ3v) is 5.95. The molecule has 0 N–H and O–H groups in total. The second-order valence-electron chi connectivity index (χ2n) is 7.12. The van der Waals surface area contributed by atoms with Crippen LogP contribution in [0.2, 0.25) is 0 Å². The van der Waals surface area contributed by atoms with Gasteiger partial charge in [0.25, 0.3) is 0 Å². The fourth-order valence-corrected chi connectivity index (χ4v) is 4.38. The van der Waals surface area contributed by atoms with E-state index in [9.17, 15) is 0 Å². The van der Waals surface area contributed by atoms with Crippen molar-refractivity contribution in [3.05, 3.63) is 11.6 Å². The second-order valence-corrected chi connectivity index (χ2v) is 7.12. The van der Waals surface area contributed by atoms with Gasteiger partial charge in [-0.1, -0.05) is 39.3 Å². The summed E-state index contributed by atoms with van der Waals surface area (Å²) in [6.45, 7) is 12.3. The minimum Gasteiger partial charge on any atom is -0.0850 e. The summed E-state index contributed by atoms with van der Waals surface area (Å²) in [4.78, 5) is 0. The lowest BCUT2D eigenvalue weighted by molar-refractivity contribution is 0.0425. The molecule has 0 heteroatoms. The Kier molecular flexibility index (Phi) is 2.97. The van der Waals surface area contributed by atoms with E-state index < -0.39 is 0 Å². The molecule has 0 saturated heterocycles. The molecule has 92 valence electrons. The van der Waals surface area contributed by atoms with Crippen LogP contribution in [0.4, 0.5) is 0 Å². The lowest BCUT2D eigenvalue weighted by Gasteiger charge is -2.45. The van der Waals surface area contributed by atoms with Crippen LogP contribution < -0.4 is 0 Å². The van der Waals surface area contributed by atoms with Gasteiger partial charge in [-0.05, 0) is 61.7 Å².